The van der Waals surface area contributed by atoms with Crippen LogP contribution in [0.2, 0.25) is 0 Å². The number of ether oxygens (including phenoxy) is 1. The molecule has 0 heterocycles. The van der Waals surface area contributed by atoms with Crippen molar-refractivity contribution in [2.24, 2.45) is 0 Å². The summed E-state index contributed by atoms with van der Waals surface area (Å²) in [6.45, 7) is 4.93. The Kier molecular flexibility index (Phi) is 6.42. The number of carbonyl (C=O) groups excluding carboxylic acids is 1. The molecule has 0 radical (unpaired) electrons. The summed E-state index contributed by atoms with van der Waals surface area (Å²) >= 11 is 0. The summed E-state index contributed by atoms with van der Waals surface area (Å²) in [5.41, 5.74) is 2.94. The van der Waals surface area contributed by atoms with Crippen LogP contribution in [0.1, 0.15) is 31.4 Å². The Morgan fingerprint density at radius 3 is 2.35 bits per heavy atom. The van der Waals surface area contributed by atoms with E-state index in [0.29, 0.717) is 13.2 Å². The lowest BCUT2D eigenvalue weighted by Gasteiger charge is -2.08. The van der Waals surface area contributed by atoms with Crippen LogP contribution in [0.3, 0.4) is 0 Å². The van der Waals surface area contributed by atoms with Gasteiger partial charge in [-0.2, -0.15) is 0 Å². The van der Waals surface area contributed by atoms with Crippen LogP contribution in [0, 0.1) is 0 Å². The van der Waals surface area contributed by atoms with Gasteiger partial charge in [-0.15, -0.1) is 0 Å². The molecule has 23 heavy (non-hydrogen) atoms. The SMILES string of the molecule is CC/C=C(/C)C(=O)NCc1ccc(COc2ccccc2)cc1. The molecular formula is C20H23NO2. The first-order chi connectivity index (χ1) is 11.2. The van der Waals surface area contributed by atoms with Gasteiger partial charge in [0.25, 0.3) is 0 Å². The summed E-state index contributed by atoms with van der Waals surface area (Å²) in [7, 11) is 0. The Labute approximate surface area is 138 Å². The molecule has 3 nitrogen and oxygen atoms in total. The van der Waals surface area contributed by atoms with Crippen LogP contribution >= 0.6 is 0 Å². The van der Waals surface area contributed by atoms with Crippen LogP contribution in [-0.2, 0) is 17.9 Å². The number of para-hydroxylation sites is 1. The first-order valence-corrected chi connectivity index (χ1v) is 7.89. The van der Waals surface area contributed by atoms with Crippen molar-refractivity contribution >= 4 is 5.91 Å². The minimum Gasteiger partial charge on any atom is -0.489 e. The maximum atomic E-state index is 11.8. The Hall–Kier alpha value is -2.55. The Bertz CT molecular complexity index is 645. The fourth-order valence-corrected chi connectivity index (χ4v) is 2.16. The second-order valence-corrected chi connectivity index (χ2v) is 5.40. The number of nitrogens with one attached hydrogen (secondary N) is 1. The monoisotopic (exact) mass is 309 g/mol. The van der Waals surface area contributed by atoms with Crippen LogP contribution in [0.5, 0.6) is 5.75 Å². The molecule has 0 aliphatic rings. The maximum Gasteiger partial charge on any atom is 0.246 e. The highest BCUT2D eigenvalue weighted by molar-refractivity contribution is 5.92. The lowest BCUT2D eigenvalue weighted by Crippen LogP contribution is -2.23. The predicted molar refractivity (Wildman–Crippen MR) is 93.1 cm³/mol. The number of allylic oxidation sites excluding steroid dienone is 1. The van der Waals surface area contributed by atoms with Crippen LogP contribution in [0.15, 0.2) is 66.2 Å². The molecule has 120 valence electrons. The average Bonchev–Trinajstić information content (AvgIpc) is 2.60. The number of carbonyl (C=O) groups is 1. The van der Waals surface area contributed by atoms with Crippen molar-refractivity contribution in [3.05, 3.63) is 77.4 Å². The molecular weight excluding hydrogens is 286 g/mol. The Balaban J connectivity index is 1.82. The third-order valence-corrected chi connectivity index (χ3v) is 3.49. The molecule has 0 aliphatic carbocycles. The summed E-state index contributed by atoms with van der Waals surface area (Å²) in [5, 5.41) is 2.92. The average molecular weight is 309 g/mol. The fourth-order valence-electron chi connectivity index (χ4n) is 2.16. The standard InChI is InChI=1S/C20H23NO2/c1-3-7-16(2)20(22)21-14-17-10-12-18(13-11-17)15-23-19-8-5-4-6-9-19/h4-13H,3,14-15H2,1-2H3,(H,21,22)/b16-7-. The summed E-state index contributed by atoms with van der Waals surface area (Å²) in [5.74, 6) is 0.852. The molecule has 0 saturated carbocycles. The van der Waals surface area contributed by atoms with E-state index in [4.69, 9.17) is 4.74 Å². The van der Waals surface area contributed by atoms with Gasteiger partial charge in [0.15, 0.2) is 0 Å². The third-order valence-electron chi connectivity index (χ3n) is 3.49. The molecule has 0 fully saturated rings. The molecule has 3 heteroatoms. The largest absolute Gasteiger partial charge is 0.489 e. The molecule has 0 atom stereocenters. The molecule has 1 amide bonds. The maximum absolute atomic E-state index is 11.8. The van der Waals surface area contributed by atoms with E-state index in [0.717, 1.165) is 28.9 Å². The molecule has 0 saturated heterocycles. The summed E-state index contributed by atoms with van der Waals surface area (Å²) < 4.78 is 5.71. The van der Waals surface area contributed by atoms with Crippen molar-refractivity contribution in [3.63, 3.8) is 0 Å². The highest BCUT2D eigenvalue weighted by Gasteiger charge is 2.03. The van der Waals surface area contributed by atoms with E-state index in [1.807, 2.05) is 74.5 Å². The van der Waals surface area contributed by atoms with E-state index in [9.17, 15) is 4.79 Å². The smallest absolute Gasteiger partial charge is 0.246 e. The van der Waals surface area contributed by atoms with Gasteiger partial charge in [-0.25, -0.2) is 0 Å². The van der Waals surface area contributed by atoms with Gasteiger partial charge in [0.05, 0.1) is 0 Å². The molecule has 2 aromatic rings. The van der Waals surface area contributed by atoms with Gasteiger partial charge in [-0.1, -0.05) is 55.5 Å². The van der Waals surface area contributed by atoms with Crippen molar-refractivity contribution in [1.29, 1.82) is 0 Å². The van der Waals surface area contributed by atoms with Crippen LogP contribution < -0.4 is 10.1 Å². The van der Waals surface area contributed by atoms with Crippen LogP contribution in [-0.4, -0.2) is 5.91 Å². The van der Waals surface area contributed by atoms with Gasteiger partial charge in [0.1, 0.15) is 12.4 Å². The number of amides is 1. The summed E-state index contributed by atoms with van der Waals surface area (Å²) in [6.07, 6.45) is 2.80. The number of rotatable bonds is 7. The zero-order chi connectivity index (χ0) is 16.5. The topological polar surface area (TPSA) is 38.3 Å². The number of benzene rings is 2. The van der Waals surface area contributed by atoms with Crippen molar-refractivity contribution < 1.29 is 9.53 Å². The number of hydrogen-bond donors (Lipinski definition) is 1. The summed E-state index contributed by atoms with van der Waals surface area (Å²) in [4.78, 5) is 11.8. The molecule has 0 aliphatic heterocycles. The Morgan fingerprint density at radius 1 is 1.04 bits per heavy atom. The minimum atomic E-state index is -0.0108. The van der Waals surface area contributed by atoms with Gasteiger partial charge in [0.2, 0.25) is 5.91 Å². The van der Waals surface area contributed by atoms with Gasteiger partial charge in [-0.3, -0.25) is 4.79 Å². The van der Waals surface area contributed by atoms with Gasteiger partial charge in [0, 0.05) is 12.1 Å². The van der Waals surface area contributed by atoms with Gasteiger partial charge in [-0.05, 0) is 36.6 Å². The highest BCUT2D eigenvalue weighted by atomic mass is 16.5. The molecule has 2 aromatic carbocycles. The quantitative estimate of drug-likeness (QED) is 0.777. The first-order valence-electron chi connectivity index (χ1n) is 7.89. The van der Waals surface area contributed by atoms with Gasteiger partial charge >= 0.3 is 0 Å². The van der Waals surface area contributed by atoms with Gasteiger partial charge < -0.3 is 10.1 Å². The highest BCUT2D eigenvalue weighted by Crippen LogP contribution is 2.12. The van der Waals surface area contributed by atoms with Crippen LogP contribution in [0.25, 0.3) is 0 Å². The minimum absolute atomic E-state index is 0.0108. The zero-order valence-corrected chi connectivity index (χ0v) is 13.7. The molecule has 0 aromatic heterocycles. The van der Waals surface area contributed by atoms with E-state index in [1.54, 1.807) is 0 Å². The fraction of sp³-hybridized carbons (Fsp3) is 0.250. The second-order valence-electron chi connectivity index (χ2n) is 5.40. The second kappa shape index (κ2) is 8.79. The molecule has 0 unspecified atom stereocenters. The first kappa shape index (κ1) is 16.8. The van der Waals surface area contributed by atoms with Crippen molar-refractivity contribution in [3.8, 4) is 5.75 Å². The summed E-state index contributed by atoms with van der Waals surface area (Å²) in [6, 6.07) is 17.8. The van der Waals surface area contributed by atoms with Crippen LogP contribution in [0.4, 0.5) is 0 Å². The van der Waals surface area contributed by atoms with E-state index >= 15 is 0 Å². The zero-order valence-electron chi connectivity index (χ0n) is 13.7. The Morgan fingerprint density at radius 2 is 1.70 bits per heavy atom. The van der Waals surface area contributed by atoms with Crippen molar-refractivity contribution in [1.82, 2.24) is 5.32 Å². The molecule has 2 rings (SSSR count). The van der Waals surface area contributed by atoms with E-state index in [-0.39, 0.29) is 5.91 Å². The lowest BCUT2D eigenvalue weighted by molar-refractivity contribution is -0.117. The predicted octanol–water partition coefficient (Wildman–Crippen LogP) is 4.24. The number of hydrogen-bond acceptors (Lipinski definition) is 2. The van der Waals surface area contributed by atoms with E-state index in [1.165, 1.54) is 0 Å². The molecule has 0 spiro atoms. The lowest BCUT2D eigenvalue weighted by atomic mass is 10.1. The van der Waals surface area contributed by atoms with Crippen molar-refractivity contribution in [2.45, 2.75) is 33.4 Å². The molecule has 1 N–H and O–H groups in total. The molecule has 0 bridgehead atoms. The third kappa shape index (κ3) is 5.62. The van der Waals surface area contributed by atoms with Crippen molar-refractivity contribution in [2.75, 3.05) is 0 Å². The van der Waals surface area contributed by atoms with E-state index < -0.39 is 0 Å². The normalized spacial score (nSPS) is 11.1. The van der Waals surface area contributed by atoms with E-state index in [2.05, 4.69) is 5.32 Å².